The number of H-pyrrole nitrogens is 1. The number of rotatable bonds is 7. The van der Waals surface area contributed by atoms with Crippen LogP contribution in [0.25, 0.3) is 11.3 Å². The first-order valence-electron chi connectivity index (χ1n) is 7.94. The van der Waals surface area contributed by atoms with E-state index in [4.69, 9.17) is 15.2 Å². The summed E-state index contributed by atoms with van der Waals surface area (Å²) in [5.74, 6) is 0.569. The second kappa shape index (κ2) is 8.17. The van der Waals surface area contributed by atoms with E-state index in [0.717, 1.165) is 9.13 Å². The molecule has 3 N–H and O–H groups in total. The first-order chi connectivity index (χ1) is 12.6. The van der Waals surface area contributed by atoms with Crippen molar-refractivity contribution in [3.63, 3.8) is 0 Å². The summed E-state index contributed by atoms with van der Waals surface area (Å²) in [4.78, 5) is 11.5. The van der Waals surface area contributed by atoms with E-state index < -0.39 is 5.91 Å². The van der Waals surface area contributed by atoms with E-state index in [1.807, 2.05) is 43.3 Å². The van der Waals surface area contributed by atoms with Crippen molar-refractivity contribution in [2.45, 2.75) is 13.5 Å². The van der Waals surface area contributed by atoms with Gasteiger partial charge in [-0.15, -0.1) is 0 Å². The van der Waals surface area contributed by atoms with Crippen LogP contribution in [0.1, 0.15) is 23.0 Å². The molecule has 0 fully saturated rings. The van der Waals surface area contributed by atoms with Crippen LogP contribution in [0.4, 0.5) is 0 Å². The molecule has 3 rings (SSSR count). The van der Waals surface area contributed by atoms with Crippen LogP contribution >= 0.6 is 22.6 Å². The third-order valence-electron chi connectivity index (χ3n) is 3.59. The zero-order chi connectivity index (χ0) is 18.5. The van der Waals surface area contributed by atoms with Crippen LogP contribution in [0, 0.1) is 3.57 Å². The van der Waals surface area contributed by atoms with E-state index in [2.05, 4.69) is 38.0 Å². The number of hydrogen-bond acceptors (Lipinski definition) is 5. The Balaban J connectivity index is 1.95. The SMILES string of the molecule is CCOc1cc(-c2n[nH]nc2C(N)=O)cc(I)c1OCc1ccccc1. The highest BCUT2D eigenvalue weighted by Gasteiger charge is 2.19. The fourth-order valence-corrected chi connectivity index (χ4v) is 3.20. The Bertz CT molecular complexity index is 912. The molecule has 0 spiro atoms. The molecule has 0 aliphatic rings. The minimum atomic E-state index is -0.647. The number of carbonyl (C=O) groups is 1. The van der Waals surface area contributed by atoms with Crippen LogP contribution in [0.5, 0.6) is 11.5 Å². The summed E-state index contributed by atoms with van der Waals surface area (Å²) in [5.41, 5.74) is 7.55. The molecular weight excluding hydrogens is 447 g/mol. The number of aromatic nitrogens is 3. The summed E-state index contributed by atoms with van der Waals surface area (Å²) in [5, 5.41) is 10.3. The Morgan fingerprint density at radius 3 is 2.65 bits per heavy atom. The molecule has 134 valence electrons. The molecule has 7 nitrogen and oxygen atoms in total. The number of primary amides is 1. The van der Waals surface area contributed by atoms with E-state index in [0.29, 0.717) is 36.0 Å². The average molecular weight is 464 g/mol. The summed E-state index contributed by atoms with van der Waals surface area (Å²) in [6, 6.07) is 13.5. The van der Waals surface area contributed by atoms with Gasteiger partial charge in [-0.2, -0.15) is 15.4 Å². The second-order valence-electron chi connectivity index (χ2n) is 5.38. The topological polar surface area (TPSA) is 103 Å². The Hall–Kier alpha value is -2.62. The number of amides is 1. The molecule has 1 heterocycles. The molecule has 1 aromatic heterocycles. The zero-order valence-electron chi connectivity index (χ0n) is 14.0. The molecule has 3 aromatic rings. The predicted octanol–water partition coefficient (Wildman–Crippen LogP) is 3.15. The van der Waals surface area contributed by atoms with Gasteiger partial charge in [-0.3, -0.25) is 4.79 Å². The lowest BCUT2D eigenvalue weighted by molar-refractivity contribution is 0.0996. The van der Waals surface area contributed by atoms with Crippen LogP contribution < -0.4 is 15.2 Å². The van der Waals surface area contributed by atoms with Crippen molar-refractivity contribution >= 4 is 28.5 Å². The van der Waals surface area contributed by atoms with Crippen LogP contribution in [-0.4, -0.2) is 27.9 Å². The smallest absolute Gasteiger partial charge is 0.271 e. The number of carbonyl (C=O) groups excluding carboxylic acids is 1. The standard InChI is InChI=1S/C18H17IN4O3/c1-2-25-14-9-12(15-16(18(20)24)22-23-21-15)8-13(19)17(14)26-10-11-6-4-3-5-7-11/h3-9H,2,10H2,1H3,(H2,20,24)(H,21,22,23). The summed E-state index contributed by atoms with van der Waals surface area (Å²) >= 11 is 2.17. The first kappa shape index (κ1) is 18.2. The van der Waals surface area contributed by atoms with Gasteiger partial charge in [0, 0.05) is 5.56 Å². The summed E-state index contributed by atoms with van der Waals surface area (Å²) in [6.07, 6.45) is 0. The van der Waals surface area contributed by atoms with Gasteiger partial charge in [0.1, 0.15) is 12.3 Å². The minimum Gasteiger partial charge on any atom is -0.490 e. The highest BCUT2D eigenvalue weighted by Crippen LogP contribution is 2.38. The molecule has 0 saturated heterocycles. The number of benzene rings is 2. The molecule has 0 atom stereocenters. The van der Waals surface area contributed by atoms with Gasteiger partial charge in [-0.05, 0) is 47.2 Å². The maximum absolute atomic E-state index is 11.5. The lowest BCUT2D eigenvalue weighted by Gasteiger charge is -2.15. The summed E-state index contributed by atoms with van der Waals surface area (Å²) < 4.78 is 12.6. The van der Waals surface area contributed by atoms with Crippen molar-refractivity contribution < 1.29 is 14.3 Å². The third kappa shape index (κ3) is 3.96. The molecule has 0 radical (unpaired) electrons. The van der Waals surface area contributed by atoms with Gasteiger partial charge in [0.15, 0.2) is 17.2 Å². The zero-order valence-corrected chi connectivity index (χ0v) is 16.2. The van der Waals surface area contributed by atoms with E-state index >= 15 is 0 Å². The number of nitrogens with one attached hydrogen (secondary N) is 1. The molecule has 8 heteroatoms. The highest BCUT2D eigenvalue weighted by molar-refractivity contribution is 14.1. The Morgan fingerprint density at radius 2 is 1.96 bits per heavy atom. The van der Waals surface area contributed by atoms with Crippen molar-refractivity contribution in [1.82, 2.24) is 15.4 Å². The summed E-state index contributed by atoms with van der Waals surface area (Å²) in [7, 11) is 0. The van der Waals surface area contributed by atoms with Gasteiger partial charge in [-0.25, -0.2) is 0 Å². The van der Waals surface area contributed by atoms with E-state index in [9.17, 15) is 4.79 Å². The van der Waals surface area contributed by atoms with E-state index in [1.165, 1.54) is 0 Å². The predicted molar refractivity (Wildman–Crippen MR) is 105 cm³/mol. The number of hydrogen-bond donors (Lipinski definition) is 2. The Labute approximate surface area is 164 Å². The van der Waals surface area contributed by atoms with Gasteiger partial charge >= 0.3 is 0 Å². The quantitative estimate of drug-likeness (QED) is 0.523. The van der Waals surface area contributed by atoms with Crippen molar-refractivity contribution in [2.24, 2.45) is 5.73 Å². The van der Waals surface area contributed by atoms with Crippen molar-refractivity contribution in [1.29, 1.82) is 0 Å². The third-order valence-corrected chi connectivity index (χ3v) is 4.39. The van der Waals surface area contributed by atoms with Crippen molar-refractivity contribution in [3.8, 4) is 22.8 Å². The molecular formula is C18H17IN4O3. The molecule has 0 bridgehead atoms. The largest absolute Gasteiger partial charge is 0.490 e. The van der Waals surface area contributed by atoms with Gasteiger partial charge in [-0.1, -0.05) is 30.3 Å². The fourth-order valence-electron chi connectivity index (χ4n) is 2.44. The molecule has 2 aromatic carbocycles. The first-order valence-corrected chi connectivity index (χ1v) is 9.02. The Morgan fingerprint density at radius 1 is 1.19 bits per heavy atom. The number of nitrogens with two attached hydrogens (primary N) is 1. The number of aromatic amines is 1. The Kier molecular flexibility index (Phi) is 5.71. The lowest BCUT2D eigenvalue weighted by Crippen LogP contribution is -2.13. The van der Waals surface area contributed by atoms with Gasteiger partial charge < -0.3 is 15.2 Å². The maximum Gasteiger partial charge on any atom is 0.271 e. The van der Waals surface area contributed by atoms with E-state index in [1.54, 1.807) is 6.07 Å². The minimum absolute atomic E-state index is 0.0844. The average Bonchev–Trinajstić information content (AvgIpc) is 3.12. The van der Waals surface area contributed by atoms with Gasteiger partial charge in [0.25, 0.3) is 5.91 Å². The molecule has 1 amide bonds. The maximum atomic E-state index is 11.5. The monoisotopic (exact) mass is 464 g/mol. The molecule has 0 saturated carbocycles. The second-order valence-corrected chi connectivity index (χ2v) is 6.54. The molecule has 26 heavy (non-hydrogen) atoms. The summed E-state index contributed by atoms with van der Waals surface area (Å²) in [6.45, 7) is 2.79. The van der Waals surface area contributed by atoms with Gasteiger partial charge in [0.2, 0.25) is 0 Å². The fraction of sp³-hybridized carbons (Fsp3) is 0.167. The van der Waals surface area contributed by atoms with Crippen LogP contribution in [0.2, 0.25) is 0 Å². The van der Waals surface area contributed by atoms with Crippen molar-refractivity contribution in [3.05, 3.63) is 57.3 Å². The molecule has 0 aliphatic carbocycles. The molecule has 0 unspecified atom stereocenters. The molecule has 0 aliphatic heterocycles. The van der Waals surface area contributed by atoms with Crippen LogP contribution in [-0.2, 0) is 6.61 Å². The normalized spacial score (nSPS) is 10.5. The highest BCUT2D eigenvalue weighted by atomic mass is 127. The number of ether oxygens (including phenoxy) is 2. The lowest BCUT2D eigenvalue weighted by atomic mass is 10.1. The van der Waals surface area contributed by atoms with Crippen LogP contribution in [0.3, 0.4) is 0 Å². The van der Waals surface area contributed by atoms with Crippen molar-refractivity contribution in [2.75, 3.05) is 6.61 Å². The van der Waals surface area contributed by atoms with Crippen LogP contribution in [0.15, 0.2) is 42.5 Å². The van der Waals surface area contributed by atoms with Gasteiger partial charge in [0.05, 0.1) is 10.2 Å². The number of nitrogens with zero attached hydrogens (tertiary/aromatic N) is 2. The number of halogens is 1. The van der Waals surface area contributed by atoms with E-state index in [-0.39, 0.29) is 5.69 Å².